The monoisotopic (exact) mass is 305 g/mol. The molecule has 2 rings (SSSR count). The molecular weight excluding hydrogens is 277 g/mol. The second kappa shape index (κ2) is 5.55. The van der Waals surface area contributed by atoms with Crippen molar-refractivity contribution in [1.29, 1.82) is 0 Å². The van der Waals surface area contributed by atoms with Crippen LogP contribution in [0.4, 0.5) is 0 Å². The van der Waals surface area contributed by atoms with E-state index in [-0.39, 0.29) is 22.7 Å². The van der Waals surface area contributed by atoms with E-state index in [9.17, 15) is 0 Å². The highest BCUT2D eigenvalue weighted by molar-refractivity contribution is 6.47. The van der Waals surface area contributed by atoms with Crippen molar-refractivity contribution in [2.45, 2.75) is 71.2 Å². The number of benzene rings is 1. The first-order chi connectivity index (χ1) is 9.91. The zero-order valence-electron chi connectivity index (χ0n) is 14.8. The van der Waals surface area contributed by atoms with Crippen LogP contribution < -0.4 is 10.5 Å². The van der Waals surface area contributed by atoms with Crippen LogP contribution in [-0.4, -0.2) is 23.9 Å². The molecule has 1 heterocycles. The van der Waals surface area contributed by atoms with E-state index in [1.807, 2.05) is 72.7 Å². The van der Waals surface area contributed by atoms with Crippen molar-refractivity contribution in [3.63, 3.8) is 0 Å². The van der Waals surface area contributed by atoms with E-state index >= 15 is 0 Å². The summed E-state index contributed by atoms with van der Waals surface area (Å²) >= 11 is 0. The molecule has 4 nitrogen and oxygen atoms in total. The number of hydrogen-bond donors (Lipinski definition) is 1. The Bertz CT molecular complexity index is 504. The molecule has 0 saturated carbocycles. The zero-order valence-corrected chi connectivity index (χ0v) is 14.8. The number of hydrogen-bond acceptors (Lipinski definition) is 4. The van der Waals surface area contributed by atoms with Gasteiger partial charge in [0.05, 0.1) is 17.1 Å². The van der Waals surface area contributed by atoms with Gasteiger partial charge in [0, 0.05) is 0 Å². The molecular formula is C17H28BNO3. The Balaban J connectivity index is 2.10. The zero-order chi connectivity index (χ0) is 16.8. The summed E-state index contributed by atoms with van der Waals surface area (Å²) in [7, 11) is -0.445. The Labute approximate surface area is 134 Å². The molecule has 22 heavy (non-hydrogen) atoms. The van der Waals surface area contributed by atoms with Gasteiger partial charge >= 0.3 is 7.12 Å². The van der Waals surface area contributed by atoms with Crippen molar-refractivity contribution in [3.05, 3.63) is 29.8 Å². The molecule has 122 valence electrons. The maximum Gasteiger partial charge on any atom is 0.480 e. The van der Waals surface area contributed by atoms with Crippen molar-refractivity contribution in [2.24, 2.45) is 5.73 Å². The molecule has 0 radical (unpaired) electrons. The highest BCUT2D eigenvalue weighted by Crippen LogP contribution is 2.39. The van der Waals surface area contributed by atoms with Gasteiger partial charge in [0.1, 0.15) is 11.4 Å². The van der Waals surface area contributed by atoms with Crippen LogP contribution in [0.3, 0.4) is 0 Å². The van der Waals surface area contributed by atoms with E-state index in [2.05, 4.69) is 0 Å². The maximum absolute atomic E-state index is 6.33. The van der Waals surface area contributed by atoms with Gasteiger partial charge in [0.25, 0.3) is 0 Å². The van der Waals surface area contributed by atoms with E-state index in [0.29, 0.717) is 0 Å². The lowest BCUT2D eigenvalue weighted by Crippen LogP contribution is -2.41. The molecule has 1 saturated heterocycles. The summed E-state index contributed by atoms with van der Waals surface area (Å²) < 4.78 is 17.8. The van der Waals surface area contributed by atoms with Gasteiger partial charge in [-0.2, -0.15) is 0 Å². The highest BCUT2D eigenvalue weighted by atomic mass is 16.7. The Morgan fingerprint density at radius 1 is 1.00 bits per heavy atom. The van der Waals surface area contributed by atoms with E-state index in [4.69, 9.17) is 19.8 Å². The minimum absolute atomic E-state index is 0.213. The van der Waals surface area contributed by atoms with Crippen LogP contribution in [-0.2, 0) is 9.31 Å². The SMILES string of the molecule is CC(C)(C)Oc1ccc([C@@H](N)B2OC(C)(C)C(C)(C)O2)cc1. The number of rotatable bonds is 3. The van der Waals surface area contributed by atoms with Crippen molar-refractivity contribution in [2.75, 3.05) is 0 Å². The van der Waals surface area contributed by atoms with Crippen LogP contribution in [0.2, 0.25) is 0 Å². The topological polar surface area (TPSA) is 53.7 Å². The van der Waals surface area contributed by atoms with Gasteiger partial charge in [-0.25, -0.2) is 0 Å². The first-order valence-corrected chi connectivity index (χ1v) is 7.81. The predicted octanol–water partition coefficient (Wildman–Crippen LogP) is 3.50. The van der Waals surface area contributed by atoms with E-state index < -0.39 is 7.12 Å². The van der Waals surface area contributed by atoms with Crippen LogP contribution in [0.5, 0.6) is 5.75 Å². The Morgan fingerprint density at radius 2 is 1.45 bits per heavy atom. The van der Waals surface area contributed by atoms with E-state index in [0.717, 1.165) is 11.3 Å². The third-order valence-corrected chi connectivity index (χ3v) is 4.25. The van der Waals surface area contributed by atoms with E-state index in [1.54, 1.807) is 0 Å². The van der Waals surface area contributed by atoms with Gasteiger partial charge in [-0.1, -0.05) is 12.1 Å². The third kappa shape index (κ3) is 3.65. The summed E-state index contributed by atoms with van der Waals surface area (Å²) in [5, 5.41) is 0. The molecule has 1 aromatic rings. The molecule has 0 aliphatic carbocycles. The predicted molar refractivity (Wildman–Crippen MR) is 89.8 cm³/mol. The van der Waals surface area contributed by atoms with Crippen LogP contribution in [0, 0.1) is 0 Å². The summed E-state index contributed by atoms with van der Waals surface area (Å²) in [5.41, 5.74) is 6.35. The average molecular weight is 305 g/mol. The Hall–Kier alpha value is -1.04. The van der Waals surface area contributed by atoms with Gasteiger partial charge in [0.2, 0.25) is 0 Å². The van der Waals surface area contributed by atoms with Crippen LogP contribution in [0.1, 0.15) is 60.0 Å². The minimum atomic E-state index is -0.445. The van der Waals surface area contributed by atoms with Crippen molar-refractivity contribution >= 4 is 7.12 Å². The van der Waals surface area contributed by atoms with Gasteiger partial charge in [-0.15, -0.1) is 0 Å². The van der Waals surface area contributed by atoms with Crippen LogP contribution in [0.15, 0.2) is 24.3 Å². The van der Waals surface area contributed by atoms with Gasteiger partial charge < -0.3 is 19.8 Å². The number of ether oxygens (including phenoxy) is 1. The fourth-order valence-electron chi connectivity index (χ4n) is 2.30. The summed E-state index contributed by atoms with van der Waals surface area (Å²) in [6.45, 7) is 14.2. The van der Waals surface area contributed by atoms with Gasteiger partial charge in [-0.05, 0) is 66.2 Å². The van der Waals surface area contributed by atoms with Crippen LogP contribution >= 0.6 is 0 Å². The standard InChI is InChI=1S/C17H28BNO3/c1-15(2,3)20-13-10-8-12(9-11-13)14(19)18-21-16(4,5)17(6,7)22-18/h8-11,14H,19H2,1-7H3/t14-/m1/s1. The Morgan fingerprint density at radius 3 is 1.86 bits per heavy atom. The fourth-order valence-corrected chi connectivity index (χ4v) is 2.30. The first kappa shape index (κ1) is 17.3. The van der Waals surface area contributed by atoms with Gasteiger partial charge in [0.15, 0.2) is 0 Å². The largest absolute Gasteiger partial charge is 0.488 e. The molecule has 2 N–H and O–H groups in total. The minimum Gasteiger partial charge on any atom is -0.488 e. The maximum atomic E-state index is 6.33. The molecule has 0 amide bonds. The number of nitrogens with two attached hydrogens (primary N) is 1. The lowest BCUT2D eigenvalue weighted by atomic mass is 9.75. The summed E-state index contributed by atoms with van der Waals surface area (Å²) in [6.07, 6.45) is 0. The molecule has 1 aliphatic rings. The highest BCUT2D eigenvalue weighted by Gasteiger charge is 2.53. The first-order valence-electron chi connectivity index (χ1n) is 7.81. The van der Waals surface area contributed by atoms with Crippen molar-refractivity contribution < 1.29 is 14.0 Å². The molecule has 1 fully saturated rings. The lowest BCUT2D eigenvalue weighted by molar-refractivity contribution is 0.00578. The van der Waals surface area contributed by atoms with Crippen LogP contribution in [0.25, 0.3) is 0 Å². The average Bonchev–Trinajstić information content (AvgIpc) is 2.56. The lowest BCUT2D eigenvalue weighted by Gasteiger charge is -2.32. The Kier molecular flexibility index (Phi) is 4.37. The van der Waals surface area contributed by atoms with Gasteiger partial charge in [-0.3, -0.25) is 0 Å². The molecule has 0 aromatic heterocycles. The quantitative estimate of drug-likeness (QED) is 0.868. The molecule has 1 aliphatic heterocycles. The second-order valence-corrected chi connectivity index (χ2v) is 7.93. The second-order valence-electron chi connectivity index (χ2n) is 7.93. The molecule has 0 unspecified atom stereocenters. The molecule has 5 heteroatoms. The molecule has 1 atom stereocenters. The van der Waals surface area contributed by atoms with Crippen molar-refractivity contribution in [1.82, 2.24) is 0 Å². The molecule has 1 aromatic carbocycles. The summed E-state index contributed by atoms with van der Waals surface area (Å²) in [4.78, 5) is 0. The third-order valence-electron chi connectivity index (χ3n) is 4.25. The summed E-state index contributed by atoms with van der Waals surface area (Å²) in [5.74, 6) is 0.502. The summed E-state index contributed by atoms with van der Waals surface area (Å²) in [6, 6.07) is 7.81. The molecule has 0 bridgehead atoms. The van der Waals surface area contributed by atoms with Crippen molar-refractivity contribution in [3.8, 4) is 5.75 Å². The smallest absolute Gasteiger partial charge is 0.480 e. The van der Waals surface area contributed by atoms with E-state index in [1.165, 1.54) is 0 Å². The normalized spacial score (nSPS) is 21.7. The fraction of sp³-hybridized carbons (Fsp3) is 0.647. The molecule has 0 spiro atoms.